The first kappa shape index (κ1) is 104. The van der Waals surface area contributed by atoms with Gasteiger partial charge in [0.25, 0.3) is 31.5 Å². The van der Waals surface area contributed by atoms with Crippen LogP contribution in [-0.2, 0) is 65.0 Å². The maximum Gasteiger partial charge on any atom is 0.364 e. The predicted molar refractivity (Wildman–Crippen MR) is 504 cm³/mol. The van der Waals surface area contributed by atoms with Gasteiger partial charge in [-0.25, -0.2) is 63.9 Å². The van der Waals surface area contributed by atoms with E-state index in [0.29, 0.717) is 77.3 Å². The molecule has 45 nitrogen and oxygen atoms in total. The van der Waals surface area contributed by atoms with Gasteiger partial charge in [0, 0.05) is 85.0 Å². The first-order valence-corrected chi connectivity index (χ1v) is 47.9. The topological polar surface area (TPSA) is 566 Å². The fourth-order valence-corrected chi connectivity index (χ4v) is 18.2. The van der Waals surface area contributed by atoms with Crippen LogP contribution < -0.4 is 42.4 Å². The highest BCUT2D eigenvalue weighted by Crippen LogP contribution is 2.52. The van der Waals surface area contributed by atoms with Crippen LogP contribution in [0.1, 0.15) is 159 Å². The molecule has 137 heavy (non-hydrogen) atoms. The number of anilines is 4. The molecule has 4 aliphatic heterocycles. The summed E-state index contributed by atoms with van der Waals surface area (Å²) in [4.78, 5) is 140. The van der Waals surface area contributed by atoms with E-state index in [1.807, 2.05) is 84.0 Å². The summed E-state index contributed by atoms with van der Waals surface area (Å²) in [5, 5.41) is 37.5. The van der Waals surface area contributed by atoms with Crippen molar-refractivity contribution in [2.24, 2.45) is 11.8 Å². The highest BCUT2D eigenvalue weighted by Gasteiger charge is 2.46. The third-order valence-electron chi connectivity index (χ3n) is 21.0. The second-order valence-electron chi connectivity index (χ2n) is 32.0. The molecule has 0 aliphatic carbocycles. The average Bonchev–Trinajstić information content (AvgIpc) is 1.63. The minimum Gasteiger partial charge on any atom is -0.450 e. The van der Waals surface area contributed by atoms with Gasteiger partial charge in [-0.2, -0.15) is 33.1 Å². The number of nitrogens with zero attached hydrogens (tertiary/aromatic N) is 17. The first-order valence-electron chi connectivity index (χ1n) is 43.8. The third kappa shape index (κ3) is 28.0. The summed E-state index contributed by atoms with van der Waals surface area (Å²) in [7, 11) is -4.08. The van der Waals surface area contributed by atoms with Crippen LogP contribution in [0.4, 0.5) is 28.3 Å². The summed E-state index contributed by atoms with van der Waals surface area (Å²) in [6.07, 6.45) is 12.3. The number of fused-ring (bicyclic) bond motifs is 4. The van der Waals surface area contributed by atoms with Crippen molar-refractivity contribution in [1.29, 1.82) is 10.5 Å². The summed E-state index contributed by atoms with van der Waals surface area (Å²) in [6.45, 7) is 17.3. The summed E-state index contributed by atoms with van der Waals surface area (Å²) in [6, 6.07) is 34.0. The Morgan fingerprint density at radius 2 is 1.01 bits per heavy atom. The van der Waals surface area contributed by atoms with E-state index in [2.05, 4.69) is 162 Å². The molecule has 2 unspecified atom stereocenters. The van der Waals surface area contributed by atoms with Crippen molar-refractivity contribution in [2.75, 3.05) is 53.4 Å². The molecule has 4 amide bonds. The van der Waals surface area contributed by atoms with E-state index in [0.717, 1.165) is 6.42 Å². The van der Waals surface area contributed by atoms with Gasteiger partial charge in [0.15, 0.2) is 99.6 Å². The van der Waals surface area contributed by atoms with Crippen LogP contribution in [0.25, 0.3) is 44.7 Å². The van der Waals surface area contributed by atoms with Crippen molar-refractivity contribution in [1.82, 2.24) is 82.7 Å². The van der Waals surface area contributed by atoms with Gasteiger partial charge < -0.3 is 62.0 Å². The number of carbonyl (C=O) groups is 5. The fraction of sp³-hybridized carbons (Fsp3) is 0.437. The van der Waals surface area contributed by atoms with Crippen LogP contribution in [0.2, 0.25) is 0 Å². The number of aliphatic hydroxyl groups is 1. The molecule has 0 radical (unpaired) electrons. The molecule has 4 saturated heterocycles. The number of amides is 4. The lowest BCUT2D eigenvalue weighted by Crippen LogP contribution is -2.35. The largest absolute Gasteiger partial charge is 0.450 e. The lowest BCUT2D eigenvalue weighted by Gasteiger charge is -2.37. The van der Waals surface area contributed by atoms with Crippen molar-refractivity contribution in [3.05, 3.63) is 192 Å². The maximum absolute atomic E-state index is 12.9. The van der Waals surface area contributed by atoms with E-state index in [9.17, 15) is 48.5 Å². The molecule has 0 spiro atoms. The number of ether oxygens (including phenoxy) is 5. The van der Waals surface area contributed by atoms with Gasteiger partial charge in [0.1, 0.15) is 31.2 Å². The zero-order chi connectivity index (χ0) is 97.6. The van der Waals surface area contributed by atoms with E-state index in [1.54, 1.807) is 93.4 Å². The smallest absolute Gasteiger partial charge is 0.364 e. The molecule has 10 aromatic heterocycles. The molecule has 4 aliphatic rings. The minimum atomic E-state index is -2.07. The zero-order valence-corrected chi connectivity index (χ0v) is 80.5. The number of aromatic nitrogens is 18. The Labute approximate surface area is 800 Å². The van der Waals surface area contributed by atoms with E-state index in [4.69, 9.17) is 56.1 Å². The Balaban J connectivity index is 0.000000184. The Morgan fingerprint density at radius 3 is 1.45 bits per heavy atom. The van der Waals surface area contributed by atoms with Gasteiger partial charge in [-0.1, -0.05) is 95.8 Å². The fourth-order valence-electron chi connectivity index (χ4n) is 14.6. The van der Waals surface area contributed by atoms with Crippen molar-refractivity contribution in [3.63, 3.8) is 0 Å². The van der Waals surface area contributed by atoms with Gasteiger partial charge in [0.05, 0.1) is 113 Å². The minimum absolute atomic E-state index is 0.00339. The van der Waals surface area contributed by atoms with Gasteiger partial charge in [-0.3, -0.25) is 72.2 Å². The van der Waals surface area contributed by atoms with E-state index < -0.39 is 97.5 Å². The van der Waals surface area contributed by atoms with Crippen LogP contribution >= 0.6 is 51.1 Å². The molecule has 12 aromatic rings. The van der Waals surface area contributed by atoms with Gasteiger partial charge in [-0.05, 0) is 70.6 Å². The van der Waals surface area contributed by atoms with Gasteiger partial charge in [-0.15, -0.1) is 0 Å². The summed E-state index contributed by atoms with van der Waals surface area (Å²) >= 11 is 8.05. The molecule has 9 N–H and O–H groups in total. The molecular weight excluding hydrogens is 1870 g/mol. The second kappa shape index (κ2) is 51.5. The number of benzene rings is 2. The molecule has 50 heteroatoms. The van der Waals surface area contributed by atoms with Gasteiger partial charge in [0.2, 0.25) is 23.7 Å². The van der Waals surface area contributed by atoms with Crippen LogP contribution in [0.5, 0.6) is 0 Å². The number of hydrogen-bond acceptors (Lipinski definition) is 34. The number of hydrogen-bond donors (Lipinski definition) is 9. The van der Waals surface area contributed by atoms with Crippen LogP contribution in [0.15, 0.2) is 169 Å². The van der Waals surface area contributed by atoms with Crippen LogP contribution in [0, 0.1) is 34.5 Å². The molecule has 724 valence electrons. The summed E-state index contributed by atoms with van der Waals surface area (Å²) in [5.41, 5.74) is 2.00. The predicted octanol–water partition coefficient (Wildman–Crippen LogP) is 11.7. The Morgan fingerprint density at radius 1 is 0.562 bits per heavy atom. The molecule has 4 fully saturated rings. The van der Waals surface area contributed by atoms with Crippen molar-refractivity contribution in [3.8, 4) is 12.1 Å². The third-order valence-corrected chi connectivity index (χ3v) is 25.1. The SMILES string of the molecule is CC(C)C(=O)Nc1nc2c(ncn2[C@@H]2O[C@H](CO)C[C@H]2OC(=O)S)c(=O)[nH]1.CC(C)C(=O)Nc1nc2c(ncn2[C@@H]2O[C@H](COP(OCCC#N)O[C@H]3C[C@H](n4cnc5c(NC(=O)c6ccccc6)ncnc54)O[C@@H]3CCS)C[C@H]2OP=O)c(=O)[nH]1.CC[C@H]1O[C@@H](n2cnc3c(NC(=O)c4ccccc4)ncnc32)C[C@@H]1OP(OCCC#N)N(C(C)C)C(C)C.c1cc[nH+]cc1.c1cc[nH+]cc1. The average molecular weight is 1980 g/mol. The molecular formula is C87H106N25O20P3S2+2. The van der Waals surface area contributed by atoms with Crippen LogP contribution in [-0.4, -0.2) is 210 Å². The molecule has 0 saturated carbocycles. The van der Waals surface area contributed by atoms with E-state index in [1.165, 1.54) is 34.4 Å². The number of nitrogens with one attached hydrogen (secondary N) is 8. The molecule has 0 bridgehead atoms. The maximum atomic E-state index is 12.9. The number of nitriles is 2. The molecule has 14 atom stereocenters. The molecule has 2 aromatic carbocycles. The molecule has 14 heterocycles. The number of H-pyrrole nitrogens is 4. The lowest BCUT2D eigenvalue weighted by molar-refractivity contribution is -0.378. The number of aliphatic hydroxyl groups excluding tert-OH is 1. The van der Waals surface area contributed by atoms with E-state index >= 15 is 0 Å². The Kier molecular flexibility index (Phi) is 39.1. The second-order valence-corrected chi connectivity index (χ2v) is 35.7. The monoisotopic (exact) mass is 1980 g/mol. The van der Waals surface area contributed by atoms with E-state index in [-0.39, 0.29) is 145 Å². The summed E-state index contributed by atoms with van der Waals surface area (Å²) < 4.78 is 87.2. The summed E-state index contributed by atoms with van der Waals surface area (Å²) in [5.74, 6) is -0.998. The normalized spacial score (nSPS) is 20.4. The highest BCUT2D eigenvalue weighted by atomic mass is 32.1. The quantitative estimate of drug-likeness (QED) is 0.00771. The number of rotatable bonds is 35. The lowest BCUT2D eigenvalue weighted by atomic mass is 10.1. The number of aromatic amines is 4. The van der Waals surface area contributed by atoms with Crippen LogP contribution in [0.3, 0.4) is 0 Å². The van der Waals surface area contributed by atoms with Crippen molar-refractivity contribution in [2.45, 2.75) is 200 Å². The van der Waals surface area contributed by atoms with Gasteiger partial charge >= 0.3 is 22.6 Å². The Bertz CT molecular complexity index is 6090. The zero-order valence-electron chi connectivity index (χ0n) is 76.0. The highest BCUT2D eigenvalue weighted by molar-refractivity contribution is 7.96. The number of thiol groups is 2. The molecule has 16 rings (SSSR count). The first-order chi connectivity index (χ1) is 66.3. The number of pyridine rings is 2. The van der Waals surface area contributed by atoms with Crippen molar-refractivity contribution < 1.29 is 94.4 Å². The number of imidazole rings is 4. The Hall–Kier alpha value is -12.0. The standard InChI is InChI=1S/C35H39N11O10P2S.C27H36N7O4P.C15H19N5O6S.2C5H5N/c1-19(2)31(47)43-35-42-30-27(33(49)44-35)40-18-46(30)34-24(55-57-50)13-21(53-34)15-52-58(51-11-6-10-36)56-23-14-25(54-22(23)9-12-59)45-17-39-26-28(37-16-38-29(26)45)41-32(48)20-7-4-3-5-8-20;1-6-21-22(38-39(36-14-10-13-28)34(18(2)3)19(4)5)15-23(37-21)33-17-31-24-25(29-16-30-26(24)33)32-27(35)20-11-8-7-9-12-20;1-6(2)11(22)18-14-17-10-9(12(23)19-14)16-5-20(10)13-8(26-15(24)27)3-7(4-21)25-13;2*1-2-4-6-5-3-1/h3-5,7-8,16-19,21-25,34,59H,6,9,11-15H2,1-2H3,(H,37,38,41,48)(H2,42,43,44,47,49);7-9,11-12,16-19,21-23H,6,10,14-15H2,1-5H3,(H,29,30,32,35);5-8,13,21H,3-4H2,1-2H3,(H,24,27)(H2,17,18,19,22,23);2*1-5H/p+2/t21-,22+,23-,24+,25+,34+,58?;21-,22+,23-,39?;7-,8+,13+;;/m010../s1. The number of carbonyl (C=O) groups excluding carboxylic acids is 5. The van der Waals surface area contributed by atoms with Crippen molar-refractivity contribution >= 4 is 148 Å².